The van der Waals surface area contributed by atoms with Gasteiger partial charge in [0.25, 0.3) is 0 Å². The molecule has 9 heteroatoms. The number of carbonyl (C=O) groups is 1. The van der Waals surface area contributed by atoms with E-state index in [-0.39, 0.29) is 18.0 Å². The van der Waals surface area contributed by atoms with Crippen molar-refractivity contribution in [2.75, 3.05) is 11.9 Å². The van der Waals surface area contributed by atoms with Crippen LogP contribution in [0.2, 0.25) is 0 Å². The van der Waals surface area contributed by atoms with Gasteiger partial charge in [-0.15, -0.1) is 0 Å². The van der Waals surface area contributed by atoms with Gasteiger partial charge < -0.3 is 15.3 Å². The Morgan fingerprint density at radius 2 is 2.05 bits per heavy atom. The van der Waals surface area contributed by atoms with Crippen LogP contribution in [0.3, 0.4) is 0 Å². The molecule has 0 aromatic carbocycles. The third-order valence-electron chi connectivity index (χ3n) is 3.53. The summed E-state index contributed by atoms with van der Waals surface area (Å²) in [6.07, 6.45) is -2.70. The molecule has 1 aromatic heterocycles. The summed E-state index contributed by atoms with van der Waals surface area (Å²) in [5, 5.41) is 12.0. The minimum atomic E-state index is -4.48. The summed E-state index contributed by atoms with van der Waals surface area (Å²) in [4.78, 5) is 19.6. The lowest BCUT2D eigenvalue weighted by Crippen LogP contribution is -2.51. The highest BCUT2D eigenvalue weighted by Crippen LogP contribution is 2.28. The molecule has 0 saturated carbocycles. The van der Waals surface area contributed by atoms with E-state index < -0.39 is 17.8 Å². The van der Waals surface area contributed by atoms with E-state index in [0.717, 1.165) is 0 Å². The van der Waals surface area contributed by atoms with Gasteiger partial charge in [-0.1, -0.05) is 0 Å². The topological polar surface area (TPSA) is 78.4 Å². The van der Waals surface area contributed by atoms with Crippen LogP contribution >= 0.6 is 0 Å². The fraction of sp³-hybridized carbons (Fsp3) is 0.583. The maximum Gasteiger partial charge on any atom is 0.419 e. The molecule has 2 N–H and O–H groups in total. The van der Waals surface area contributed by atoms with Gasteiger partial charge in [-0.05, 0) is 19.8 Å². The molecule has 1 aliphatic rings. The van der Waals surface area contributed by atoms with Crippen molar-refractivity contribution in [2.24, 2.45) is 0 Å². The molecule has 1 aliphatic heterocycles. The number of nitrogens with one attached hydrogen (secondary N) is 1. The van der Waals surface area contributed by atoms with E-state index in [4.69, 9.17) is 5.11 Å². The van der Waals surface area contributed by atoms with Crippen LogP contribution in [0, 0.1) is 0 Å². The molecule has 1 fully saturated rings. The number of carboxylic acid groups (broad SMARTS) is 1. The normalized spacial score (nSPS) is 23.0. The highest BCUT2D eigenvalue weighted by molar-refractivity contribution is 5.65. The van der Waals surface area contributed by atoms with Gasteiger partial charge in [0.15, 0.2) is 0 Å². The van der Waals surface area contributed by atoms with Gasteiger partial charge in [0, 0.05) is 25.0 Å². The number of hydrogen-bond acceptors (Lipinski definition) is 4. The van der Waals surface area contributed by atoms with Crippen molar-refractivity contribution < 1.29 is 23.1 Å². The largest absolute Gasteiger partial charge is 0.465 e. The lowest BCUT2D eigenvalue weighted by Gasteiger charge is -2.37. The summed E-state index contributed by atoms with van der Waals surface area (Å²) in [6, 6.07) is -0.534. The molecule has 1 saturated heterocycles. The Bertz CT molecular complexity index is 506. The second-order valence-electron chi connectivity index (χ2n) is 4.90. The Balaban J connectivity index is 2.05. The van der Waals surface area contributed by atoms with Gasteiger partial charge in [-0.3, -0.25) is 0 Å². The Labute approximate surface area is 119 Å². The standard InChI is InChI=1S/C12H15F3N4O2/c1-7-9(3-2-4-19(7)11(20)21)18-10-16-5-8(6-17-10)12(13,14)15/h5-7,9H,2-4H2,1H3,(H,20,21)(H,16,17,18)/t7-,9+/m0/s1. The highest BCUT2D eigenvalue weighted by atomic mass is 19.4. The number of alkyl halides is 3. The van der Waals surface area contributed by atoms with Crippen molar-refractivity contribution >= 4 is 12.0 Å². The first-order valence-electron chi connectivity index (χ1n) is 6.44. The van der Waals surface area contributed by atoms with Crippen LogP contribution in [-0.2, 0) is 6.18 Å². The van der Waals surface area contributed by atoms with Gasteiger partial charge in [0.05, 0.1) is 11.6 Å². The number of aromatic nitrogens is 2. The van der Waals surface area contributed by atoms with Crippen LogP contribution in [0.1, 0.15) is 25.3 Å². The van der Waals surface area contributed by atoms with Crippen molar-refractivity contribution in [3.63, 3.8) is 0 Å². The van der Waals surface area contributed by atoms with Gasteiger partial charge in [0.1, 0.15) is 0 Å². The van der Waals surface area contributed by atoms with E-state index in [1.807, 2.05) is 0 Å². The molecule has 6 nitrogen and oxygen atoms in total. The number of piperidine rings is 1. The molecular formula is C12H15F3N4O2. The summed E-state index contributed by atoms with van der Waals surface area (Å²) in [5.74, 6) is 0.0621. The number of nitrogens with zero attached hydrogens (tertiary/aromatic N) is 3. The van der Waals surface area contributed by atoms with Crippen LogP contribution in [0.25, 0.3) is 0 Å². The molecular weight excluding hydrogens is 289 g/mol. The van der Waals surface area contributed by atoms with Gasteiger partial charge in [-0.25, -0.2) is 14.8 Å². The molecule has 0 bridgehead atoms. The minimum absolute atomic E-state index is 0.0621. The van der Waals surface area contributed by atoms with Crippen molar-refractivity contribution in [2.45, 2.75) is 38.0 Å². The third-order valence-corrected chi connectivity index (χ3v) is 3.53. The average Bonchev–Trinajstić information content (AvgIpc) is 2.40. The average molecular weight is 304 g/mol. The fourth-order valence-electron chi connectivity index (χ4n) is 2.32. The van der Waals surface area contributed by atoms with Crippen LogP contribution in [0.4, 0.5) is 23.9 Å². The number of amides is 1. The van der Waals surface area contributed by atoms with E-state index in [2.05, 4.69) is 15.3 Å². The SMILES string of the molecule is C[C@H]1[C@H](Nc2ncc(C(F)(F)F)cn2)CCCN1C(=O)O. The number of hydrogen-bond donors (Lipinski definition) is 2. The number of likely N-dealkylation sites (tertiary alicyclic amines) is 1. The molecule has 0 radical (unpaired) electrons. The zero-order valence-electron chi connectivity index (χ0n) is 11.3. The van der Waals surface area contributed by atoms with Crippen LogP contribution in [0.15, 0.2) is 12.4 Å². The number of rotatable bonds is 2. The van der Waals surface area contributed by atoms with Gasteiger partial charge in [0.2, 0.25) is 5.95 Å². The molecule has 0 spiro atoms. The molecule has 116 valence electrons. The summed E-state index contributed by atoms with van der Waals surface area (Å²) in [7, 11) is 0. The molecule has 2 atom stereocenters. The van der Waals surface area contributed by atoms with Gasteiger partial charge >= 0.3 is 12.3 Å². The molecule has 0 aliphatic carbocycles. The van der Waals surface area contributed by atoms with E-state index in [1.165, 1.54) is 4.90 Å². The second-order valence-corrected chi connectivity index (χ2v) is 4.90. The molecule has 2 heterocycles. The molecule has 1 aromatic rings. The predicted octanol–water partition coefficient (Wildman–Crippen LogP) is 2.44. The van der Waals surface area contributed by atoms with Crippen LogP contribution in [0.5, 0.6) is 0 Å². The number of halogens is 3. The van der Waals surface area contributed by atoms with Gasteiger partial charge in [-0.2, -0.15) is 13.2 Å². The van der Waals surface area contributed by atoms with E-state index in [9.17, 15) is 18.0 Å². The fourth-order valence-corrected chi connectivity index (χ4v) is 2.32. The first-order valence-corrected chi connectivity index (χ1v) is 6.44. The Hall–Kier alpha value is -2.06. The third kappa shape index (κ3) is 3.53. The zero-order chi connectivity index (χ0) is 15.6. The van der Waals surface area contributed by atoms with E-state index >= 15 is 0 Å². The molecule has 0 unspecified atom stereocenters. The Morgan fingerprint density at radius 1 is 1.43 bits per heavy atom. The summed E-state index contributed by atoms with van der Waals surface area (Å²) in [5.41, 5.74) is -0.920. The molecule has 2 rings (SSSR count). The monoisotopic (exact) mass is 304 g/mol. The predicted molar refractivity (Wildman–Crippen MR) is 67.9 cm³/mol. The van der Waals surface area contributed by atoms with E-state index in [1.54, 1.807) is 6.92 Å². The first-order chi connectivity index (χ1) is 9.79. The summed E-state index contributed by atoms with van der Waals surface area (Å²) < 4.78 is 37.2. The summed E-state index contributed by atoms with van der Waals surface area (Å²) >= 11 is 0. The molecule has 1 amide bonds. The van der Waals surface area contributed by atoms with Crippen LogP contribution in [-0.4, -0.2) is 44.7 Å². The highest BCUT2D eigenvalue weighted by Gasteiger charge is 2.33. The Kier molecular flexibility index (Phi) is 4.19. The van der Waals surface area contributed by atoms with E-state index in [0.29, 0.717) is 31.8 Å². The zero-order valence-corrected chi connectivity index (χ0v) is 11.3. The number of anilines is 1. The molecule has 21 heavy (non-hydrogen) atoms. The van der Waals surface area contributed by atoms with Crippen molar-refractivity contribution in [3.05, 3.63) is 18.0 Å². The maximum absolute atomic E-state index is 12.4. The Morgan fingerprint density at radius 3 is 2.57 bits per heavy atom. The second kappa shape index (κ2) is 5.74. The van der Waals surface area contributed by atoms with Crippen molar-refractivity contribution in [1.82, 2.24) is 14.9 Å². The quantitative estimate of drug-likeness (QED) is 0.877. The minimum Gasteiger partial charge on any atom is -0.465 e. The first kappa shape index (κ1) is 15.3. The maximum atomic E-state index is 12.4. The lowest BCUT2D eigenvalue weighted by molar-refractivity contribution is -0.138. The summed E-state index contributed by atoms with van der Waals surface area (Å²) in [6.45, 7) is 2.19. The smallest absolute Gasteiger partial charge is 0.419 e. The van der Waals surface area contributed by atoms with Crippen molar-refractivity contribution in [3.8, 4) is 0 Å². The van der Waals surface area contributed by atoms with Crippen LogP contribution < -0.4 is 5.32 Å². The lowest BCUT2D eigenvalue weighted by atomic mass is 9.98. The van der Waals surface area contributed by atoms with Crippen molar-refractivity contribution in [1.29, 1.82) is 0 Å².